The maximum absolute atomic E-state index is 12.6. The van der Waals surface area contributed by atoms with Crippen LogP contribution in [0.4, 0.5) is 13.2 Å². The molecule has 2 atom stereocenters. The van der Waals surface area contributed by atoms with Gasteiger partial charge >= 0.3 is 6.18 Å². The van der Waals surface area contributed by atoms with E-state index in [9.17, 15) is 18.0 Å². The van der Waals surface area contributed by atoms with Gasteiger partial charge in [0.2, 0.25) is 5.76 Å². The SMILES string of the molecule is CC1C(NC(=O)c2ccc(Sc3ccc(C(F)(F)F)o3)cc2)C2CCN1CC2. The summed E-state index contributed by atoms with van der Waals surface area (Å²) in [6.45, 7) is 4.37. The summed E-state index contributed by atoms with van der Waals surface area (Å²) in [6, 6.07) is 9.53. The molecule has 3 fully saturated rings. The lowest BCUT2D eigenvalue weighted by Gasteiger charge is -2.49. The van der Waals surface area contributed by atoms with Gasteiger partial charge in [-0.3, -0.25) is 9.69 Å². The second kappa shape index (κ2) is 7.48. The summed E-state index contributed by atoms with van der Waals surface area (Å²) in [7, 11) is 0. The van der Waals surface area contributed by atoms with Crippen LogP contribution in [0.2, 0.25) is 0 Å². The lowest BCUT2D eigenvalue weighted by atomic mass is 9.79. The largest absolute Gasteiger partial charge is 0.449 e. The summed E-state index contributed by atoms with van der Waals surface area (Å²) < 4.78 is 42.6. The summed E-state index contributed by atoms with van der Waals surface area (Å²) in [5, 5.41) is 3.33. The zero-order valence-corrected chi connectivity index (χ0v) is 16.1. The molecule has 150 valence electrons. The number of nitrogens with one attached hydrogen (secondary N) is 1. The van der Waals surface area contributed by atoms with Gasteiger partial charge < -0.3 is 9.73 Å². The smallest absolute Gasteiger partial charge is 0.445 e. The molecular weight excluding hydrogens is 389 g/mol. The van der Waals surface area contributed by atoms with E-state index in [4.69, 9.17) is 4.42 Å². The minimum absolute atomic E-state index is 0.112. The fourth-order valence-corrected chi connectivity index (χ4v) is 4.87. The molecule has 2 bridgehead atoms. The molecule has 4 nitrogen and oxygen atoms in total. The van der Waals surface area contributed by atoms with E-state index in [-0.39, 0.29) is 17.0 Å². The van der Waals surface area contributed by atoms with Gasteiger partial charge in [0.1, 0.15) is 0 Å². The van der Waals surface area contributed by atoms with Crippen LogP contribution < -0.4 is 5.32 Å². The average Bonchev–Trinajstić information content (AvgIpc) is 3.14. The number of benzene rings is 1. The summed E-state index contributed by atoms with van der Waals surface area (Å²) in [5.41, 5.74) is 0.545. The third-order valence-corrected chi connectivity index (χ3v) is 6.60. The molecule has 1 aromatic heterocycles. The Bertz CT molecular complexity index is 840. The van der Waals surface area contributed by atoms with E-state index in [0.29, 0.717) is 22.4 Å². The number of fused-ring (bicyclic) bond motifs is 3. The molecule has 0 radical (unpaired) electrons. The van der Waals surface area contributed by atoms with Crippen LogP contribution in [-0.4, -0.2) is 36.0 Å². The van der Waals surface area contributed by atoms with Crippen molar-refractivity contribution in [3.05, 3.63) is 47.7 Å². The van der Waals surface area contributed by atoms with Crippen molar-refractivity contribution < 1.29 is 22.4 Å². The van der Waals surface area contributed by atoms with Crippen molar-refractivity contribution in [2.75, 3.05) is 13.1 Å². The van der Waals surface area contributed by atoms with E-state index in [2.05, 4.69) is 17.1 Å². The Hall–Kier alpha value is -1.93. The van der Waals surface area contributed by atoms with Crippen molar-refractivity contribution in [1.82, 2.24) is 10.2 Å². The van der Waals surface area contributed by atoms with Crippen LogP contribution in [-0.2, 0) is 6.18 Å². The number of hydrogen-bond donors (Lipinski definition) is 1. The first-order valence-electron chi connectivity index (χ1n) is 9.31. The molecular formula is C20H21F3N2O2S. The number of furan rings is 1. The Morgan fingerprint density at radius 2 is 1.82 bits per heavy atom. The fourth-order valence-electron chi connectivity index (χ4n) is 4.10. The van der Waals surface area contributed by atoms with Crippen molar-refractivity contribution in [2.24, 2.45) is 5.92 Å². The maximum atomic E-state index is 12.6. The number of alkyl halides is 3. The second-order valence-electron chi connectivity index (χ2n) is 7.36. The fraction of sp³-hybridized carbons (Fsp3) is 0.450. The highest BCUT2D eigenvalue weighted by molar-refractivity contribution is 7.99. The van der Waals surface area contributed by atoms with Gasteiger partial charge in [-0.2, -0.15) is 13.2 Å². The van der Waals surface area contributed by atoms with Crippen LogP contribution in [0.15, 0.2) is 50.8 Å². The Labute approximate surface area is 165 Å². The molecule has 4 heterocycles. The van der Waals surface area contributed by atoms with Gasteiger partial charge in [-0.15, -0.1) is 0 Å². The molecule has 0 aliphatic carbocycles. The highest BCUT2D eigenvalue weighted by atomic mass is 32.2. The Balaban J connectivity index is 1.39. The van der Waals surface area contributed by atoms with Crippen molar-refractivity contribution >= 4 is 17.7 Å². The van der Waals surface area contributed by atoms with E-state index in [1.165, 1.54) is 6.07 Å². The number of carbonyl (C=O) groups excluding carboxylic acids is 1. The zero-order chi connectivity index (χ0) is 19.9. The van der Waals surface area contributed by atoms with Crippen LogP contribution >= 0.6 is 11.8 Å². The molecule has 3 saturated heterocycles. The van der Waals surface area contributed by atoms with Gasteiger partial charge in [-0.1, -0.05) is 11.8 Å². The van der Waals surface area contributed by atoms with E-state index in [0.717, 1.165) is 43.8 Å². The lowest BCUT2D eigenvalue weighted by Crippen LogP contribution is -2.62. The molecule has 28 heavy (non-hydrogen) atoms. The van der Waals surface area contributed by atoms with Gasteiger partial charge in [0, 0.05) is 22.5 Å². The van der Waals surface area contributed by atoms with Crippen molar-refractivity contribution in [3.8, 4) is 0 Å². The molecule has 8 heteroatoms. The van der Waals surface area contributed by atoms with Crippen molar-refractivity contribution in [1.29, 1.82) is 0 Å². The van der Waals surface area contributed by atoms with Gasteiger partial charge in [0.25, 0.3) is 5.91 Å². The first-order valence-corrected chi connectivity index (χ1v) is 10.1. The molecule has 1 N–H and O–H groups in total. The molecule has 1 aromatic carbocycles. The molecule has 2 aromatic rings. The van der Waals surface area contributed by atoms with Crippen LogP contribution in [0.25, 0.3) is 0 Å². The lowest BCUT2D eigenvalue weighted by molar-refractivity contribution is -0.154. The first-order chi connectivity index (χ1) is 13.3. The van der Waals surface area contributed by atoms with E-state index < -0.39 is 11.9 Å². The topological polar surface area (TPSA) is 45.5 Å². The molecule has 1 amide bonds. The minimum atomic E-state index is -4.49. The van der Waals surface area contributed by atoms with E-state index in [1.807, 2.05) is 0 Å². The molecule has 5 rings (SSSR count). The maximum Gasteiger partial charge on any atom is 0.449 e. The van der Waals surface area contributed by atoms with Crippen LogP contribution in [0, 0.1) is 5.92 Å². The van der Waals surface area contributed by atoms with Gasteiger partial charge in [-0.25, -0.2) is 0 Å². The van der Waals surface area contributed by atoms with E-state index in [1.54, 1.807) is 24.3 Å². The standard InChI is InChI=1S/C20H21F3N2O2S/c1-12-18(13-8-10-25(12)11-9-13)24-19(26)14-2-4-15(5-3-14)28-17-7-6-16(27-17)20(21,22)23/h2-7,12-13,18H,8-11H2,1H3,(H,24,26). The number of halogens is 3. The zero-order valence-electron chi connectivity index (χ0n) is 15.3. The van der Waals surface area contributed by atoms with Gasteiger partial charge in [0.15, 0.2) is 5.09 Å². The third-order valence-electron chi connectivity index (χ3n) is 5.67. The quantitative estimate of drug-likeness (QED) is 0.796. The molecule has 3 aliphatic heterocycles. The molecule has 0 saturated carbocycles. The van der Waals surface area contributed by atoms with Crippen molar-refractivity contribution in [2.45, 2.75) is 48.0 Å². The Morgan fingerprint density at radius 1 is 1.14 bits per heavy atom. The number of nitrogens with zero attached hydrogens (tertiary/aromatic N) is 1. The Morgan fingerprint density at radius 3 is 2.39 bits per heavy atom. The number of hydrogen-bond acceptors (Lipinski definition) is 4. The molecule has 3 aliphatic rings. The molecule has 2 unspecified atom stereocenters. The normalized spacial score (nSPS) is 27.0. The predicted molar refractivity (Wildman–Crippen MR) is 99.3 cm³/mol. The monoisotopic (exact) mass is 410 g/mol. The number of amides is 1. The minimum Gasteiger partial charge on any atom is -0.445 e. The summed E-state index contributed by atoms with van der Waals surface area (Å²) in [6.07, 6.45) is -2.26. The predicted octanol–water partition coefficient (Wildman–Crippen LogP) is 4.66. The third kappa shape index (κ3) is 3.93. The van der Waals surface area contributed by atoms with E-state index >= 15 is 0 Å². The summed E-state index contributed by atoms with van der Waals surface area (Å²) >= 11 is 1.09. The number of carbonyl (C=O) groups is 1. The second-order valence-corrected chi connectivity index (χ2v) is 8.43. The van der Waals surface area contributed by atoms with Gasteiger partial charge in [0.05, 0.1) is 0 Å². The van der Waals surface area contributed by atoms with Crippen LogP contribution in [0.5, 0.6) is 0 Å². The number of rotatable bonds is 4. The molecule has 0 spiro atoms. The van der Waals surface area contributed by atoms with Crippen LogP contribution in [0.3, 0.4) is 0 Å². The highest BCUT2D eigenvalue weighted by Gasteiger charge is 2.40. The summed E-state index contributed by atoms with van der Waals surface area (Å²) in [4.78, 5) is 15.8. The Kier molecular flexibility index (Phi) is 5.18. The van der Waals surface area contributed by atoms with Crippen molar-refractivity contribution in [3.63, 3.8) is 0 Å². The first kappa shape index (κ1) is 19.4. The highest BCUT2D eigenvalue weighted by Crippen LogP contribution is 2.36. The van der Waals surface area contributed by atoms with Crippen LogP contribution in [0.1, 0.15) is 35.9 Å². The van der Waals surface area contributed by atoms with Gasteiger partial charge in [-0.05, 0) is 75.2 Å². The summed E-state index contributed by atoms with van der Waals surface area (Å²) in [5.74, 6) is -0.599. The average molecular weight is 410 g/mol. The number of piperidine rings is 3.